The molecular formula is C14H16Cl2N4O2. The number of ether oxygens (including phenoxy) is 1. The number of hydrogen-bond donors (Lipinski definition) is 1. The number of hydrogen-bond acceptors (Lipinski definition) is 4. The van der Waals surface area contributed by atoms with Crippen LogP contribution in [0.4, 0.5) is 0 Å². The molecule has 22 heavy (non-hydrogen) atoms. The predicted molar refractivity (Wildman–Crippen MR) is 84.1 cm³/mol. The van der Waals surface area contributed by atoms with Crippen LogP contribution < -0.4 is 10.1 Å². The van der Waals surface area contributed by atoms with Crippen LogP contribution in [0.15, 0.2) is 24.5 Å². The number of amides is 1. The SMILES string of the molecule is C[C@@H](Oc1cc(Cl)cc(Cl)c1)C(=O)N[C@H](C)c1nncn1C. The van der Waals surface area contributed by atoms with Gasteiger partial charge in [0.25, 0.3) is 5.91 Å². The molecule has 0 aliphatic carbocycles. The molecule has 8 heteroatoms. The van der Waals surface area contributed by atoms with Gasteiger partial charge in [-0.05, 0) is 32.0 Å². The van der Waals surface area contributed by atoms with Crippen LogP contribution >= 0.6 is 23.2 Å². The average molecular weight is 343 g/mol. The van der Waals surface area contributed by atoms with E-state index in [0.29, 0.717) is 21.6 Å². The summed E-state index contributed by atoms with van der Waals surface area (Å²) < 4.78 is 7.31. The highest BCUT2D eigenvalue weighted by atomic mass is 35.5. The second kappa shape index (κ2) is 6.98. The maximum Gasteiger partial charge on any atom is 0.261 e. The Hall–Kier alpha value is -1.79. The summed E-state index contributed by atoms with van der Waals surface area (Å²) in [6.45, 7) is 3.47. The Balaban J connectivity index is 1.98. The van der Waals surface area contributed by atoms with Crippen LogP contribution in [0.3, 0.4) is 0 Å². The Labute approximate surface area is 138 Å². The Morgan fingerprint density at radius 1 is 1.27 bits per heavy atom. The molecule has 1 N–H and O–H groups in total. The molecule has 0 radical (unpaired) electrons. The van der Waals surface area contributed by atoms with E-state index < -0.39 is 6.10 Å². The van der Waals surface area contributed by atoms with Crippen LogP contribution in [0.1, 0.15) is 25.7 Å². The number of nitrogens with one attached hydrogen (secondary N) is 1. The summed E-state index contributed by atoms with van der Waals surface area (Å²) in [5.74, 6) is 0.824. The number of nitrogens with zero attached hydrogens (tertiary/aromatic N) is 3. The van der Waals surface area contributed by atoms with Gasteiger partial charge in [0.1, 0.15) is 12.1 Å². The number of aromatic nitrogens is 3. The zero-order valence-electron chi connectivity index (χ0n) is 12.4. The van der Waals surface area contributed by atoms with Gasteiger partial charge >= 0.3 is 0 Å². The first kappa shape index (κ1) is 16.6. The molecule has 1 amide bonds. The summed E-state index contributed by atoms with van der Waals surface area (Å²) in [4.78, 5) is 12.2. The minimum Gasteiger partial charge on any atom is -0.481 e. The summed E-state index contributed by atoms with van der Waals surface area (Å²) in [6.07, 6.45) is 0.872. The van der Waals surface area contributed by atoms with Gasteiger partial charge in [-0.15, -0.1) is 10.2 Å². The highest BCUT2D eigenvalue weighted by molar-refractivity contribution is 6.34. The molecule has 2 atom stereocenters. The van der Waals surface area contributed by atoms with Crippen molar-refractivity contribution >= 4 is 29.1 Å². The Bertz CT molecular complexity index is 654. The van der Waals surface area contributed by atoms with Crippen LogP contribution in [0.2, 0.25) is 10.0 Å². The zero-order valence-corrected chi connectivity index (χ0v) is 13.9. The molecule has 2 rings (SSSR count). The van der Waals surface area contributed by atoms with Gasteiger partial charge in [0, 0.05) is 17.1 Å². The monoisotopic (exact) mass is 342 g/mol. The molecule has 6 nitrogen and oxygen atoms in total. The molecule has 1 aromatic heterocycles. The van der Waals surface area contributed by atoms with Gasteiger partial charge < -0.3 is 14.6 Å². The number of aryl methyl sites for hydroxylation is 1. The largest absolute Gasteiger partial charge is 0.481 e. The molecule has 1 aromatic carbocycles. The van der Waals surface area contributed by atoms with Gasteiger partial charge in [-0.2, -0.15) is 0 Å². The van der Waals surface area contributed by atoms with Crippen molar-refractivity contribution in [3.05, 3.63) is 40.4 Å². The molecule has 0 unspecified atom stereocenters. The summed E-state index contributed by atoms with van der Waals surface area (Å²) in [5.41, 5.74) is 0. The summed E-state index contributed by atoms with van der Waals surface area (Å²) in [7, 11) is 1.81. The fraction of sp³-hybridized carbons (Fsp3) is 0.357. The fourth-order valence-corrected chi connectivity index (χ4v) is 2.44. The Morgan fingerprint density at radius 3 is 2.45 bits per heavy atom. The molecule has 0 fully saturated rings. The van der Waals surface area contributed by atoms with Crippen LogP contribution in [0, 0.1) is 0 Å². The number of carbonyl (C=O) groups is 1. The highest BCUT2D eigenvalue weighted by Gasteiger charge is 2.20. The van der Waals surface area contributed by atoms with Gasteiger partial charge in [-0.3, -0.25) is 4.79 Å². The molecule has 118 valence electrons. The summed E-state index contributed by atoms with van der Waals surface area (Å²) >= 11 is 11.8. The zero-order chi connectivity index (χ0) is 16.3. The first-order valence-corrected chi connectivity index (χ1v) is 7.39. The van der Waals surface area contributed by atoms with E-state index in [1.54, 1.807) is 36.0 Å². The lowest BCUT2D eigenvalue weighted by Crippen LogP contribution is -2.38. The van der Waals surface area contributed by atoms with Crippen LogP contribution in [0.5, 0.6) is 5.75 Å². The third-order valence-corrected chi connectivity index (χ3v) is 3.45. The Morgan fingerprint density at radius 2 is 1.91 bits per heavy atom. The molecule has 0 aliphatic heterocycles. The van der Waals surface area contributed by atoms with Crippen molar-refractivity contribution < 1.29 is 9.53 Å². The number of benzene rings is 1. The summed E-state index contributed by atoms with van der Waals surface area (Å²) in [6, 6.07) is 4.51. The number of rotatable bonds is 5. The van der Waals surface area contributed by atoms with E-state index in [0.717, 1.165) is 0 Å². The van der Waals surface area contributed by atoms with Crippen LogP contribution in [-0.2, 0) is 11.8 Å². The molecule has 0 saturated carbocycles. The topological polar surface area (TPSA) is 69.0 Å². The molecule has 0 spiro atoms. The van der Waals surface area contributed by atoms with Crippen molar-refractivity contribution in [3.63, 3.8) is 0 Å². The van der Waals surface area contributed by atoms with Gasteiger partial charge in [-0.1, -0.05) is 23.2 Å². The van der Waals surface area contributed by atoms with Gasteiger partial charge in [0.05, 0.1) is 6.04 Å². The van der Waals surface area contributed by atoms with Gasteiger partial charge in [-0.25, -0.2) is 0 Å². The molecule has 1 heterocycles. The molecular weight excluding hydrogens is 327 g/mol. The van der Waals surface area contributed by atoms with Crippen molar-refractivity contribution in [2.75, 3.05) is 0 Å². The van der Waals surface area contributed by atoms with Crippen molar-refractivity contribution in [2.45, 2.75) is 26.0 Å². The van der Waals surface area contributed by atoms with E-state index in [1.807, 2.05) is 14.0 Å². The van der Waals surface area contributed by atoms with E-state index >= 15 is 0 Å². The van der Waals surface area contributed by atoms with E-state index in [9.17, 15) is 4.79 Å². The van der Waals surface area contributed by atoms with Crippen molar-refractivity contribution in [1.82, 2.24) is 20.1 Å². The van der Waals surface area contributed by atoms with Crippen molar-refractivity contribution in [3.8, 4) is 5.75 Å². The fourth-order valence-electron chi connectivity index (χ4n) is 1.93. The minimum absolute atomic E-state index is 0.272. The lowest BCUT2D eigenvalue weighted by Gasteiger charge is -2.18. The molecule has 0 aliphatic rings. The maximum atomic E-state index is 12.2. The molecule has 0 bridgehead atoms. The minimum atomic E-state index is -0.704. The lowest BCUT2D eigenvalue weighted by molar-refractivity contribution is -0.128. The second-order valence-corrected chi connectivity index (χ2v) is 5.77. The Kier molecular flexibility index (Phi) is 5.26. The van der Waals surface area contributed by atoms with Gasteiger partial charge in [0.15, 0.2) is 11.9 Å². The summed E-state index contributed by atoms with van der Waals surface area (Å²) in [5, 5.41) is 11.5. The molecule has 2 aromatic rings. The third kappa shape index (κ3) is 4.11. The second-order valence-electron chi connectivity index (χ2n) is 4.90. The van der Waals surface area contributed by atoms with Crippen LogP contribution in [0.25, 0.3) is 0 Å². The quantitative estimate of drug-likeness (QED) is 0.906. The predicted octanol–water partition coefficient (Wildman–Crippen LogP) is 2.77. The van der Waals surface area contributed by atoms with E-state index in [1.165, 1.54) is 0 Å². The molecule has 0 saturated heterocycles. The standard InChI is InChI=1S/C14H16Cl2N4O2/c1-8(13-19-17-7-20(13)3)18-14(21)9(2)22-12-5-10(15)4-11(16)6-12/h4-9H,1-3H3,(H,18,21)/t8-,9-/m1/s1. The van der Waals surface area contributed by atoms with E-state index in [-0.39, 0.29) is 11.9 Å². The van der Waals surface area contributed by atoms with Crippen molar-refractivity contribution in [2.24, 2.45) is 7.05 Å². The average Bonchev–Trinajstić information content (AvgIpc) is 2.83. The smallest absolute Gasteiger partial charge is 0.261 e. The van der Waals surface area contributed by atoms with Crippen LogP contribution in [-0.4, -0.2) is 26.8 Å². The maximum absolute atomic E-state index is 12.2. The first-order valence-electron chi connectivity index (χ1n) is 6.64. The van der Waals surface area contributed by atoms with Crippen molar-refractivity contribution in [1.29, 1.82) is 0 Å². The normalized spacial score (nSPS) is 13.5. The van der Waals surface area contributed by atoms with E-state index in [4.69, 9.17) is 27.9 Å². The lowest BCUT2D eigenvalue weighted by atomic mass is 10.2. The van der Waals surface area contributed by atoms with E-state index in [2.05, 4.69) is 15.5 Å². The highest BCUT2D eigenvalue weighted by Crippen LogP contribution is 2.25. The van der Waals surface area contributed by atoms with Gasteiger partial charge in [0.2, 0.25) is 0 Å². The third-order valence-electron chi connectivity index (χ3n) is 3.01. The number of halogens is 2. The first-order chi connectivity index (χ1) is 10.4. The number of carbonyl (C=O) groups excluding carboxylic acids is 1.